The highest BCUT2D eigenvalue weighted by atomic mass is 19.1. The van der Waals surface area contributed by atoms with Crippen LogP contribution in [0.4, 0.5) is 8.78 Å². The van der Waals surface area contributed by atoms with E-state index in [0.29, 0.717) is 17.0 Å². The van der Waals surface area contributed by atoms with Crippen molar-refractivity contribution in [1.29, 1.82) is 5.26 Å². The number of rotatable bonds is 2. The third kappa shape index (κ3) is 1.99. The van der Waals surface area contributed by atoms with E-state index >= 15 is 0 Å². The van der Waals surface area contributed by atoms with E-state index in [1.54, 1.807) is 22.7 Å². The van der Waals surface area contributed by atoms with E-state index in [0.717, 1.165) is 0 Å². The number of aromatic nitrogens is 3. The van der Waals surface area contributed by atoms with Crippen molar-refractivity contribution in [3.63, 3.8) is 0 Å². The molecule has 0 aliphatic carbocycles. The zero-order chi connectivity index (χ0) is 14.1. The van der Waals surface area contributed by atoms with Gasteiger partial charge in [-0.3, -0.25) is 4.40 Å². The van der Waals surface area contributed by atoms with Crippen molar-refractivity contribution in [2.75, 3.05) is 0 Å². The third-order valence-corrected chi connectivity index (χ3v) is 3.01. The van der Waals surface area contributed by atoms with Crippen LogP contribution in [-0.4, -0.2) is 14.6 Å². The molecule has 0 saturated heterocycles. The van der Waals surface area contributed by atoms with Crippen LogP contribution in [0, 0.1) is 23.0 Å². The Bertz CT molecular complexity index is 813. The average molecular weight is 270 g/mol. The molecule has 2 heterocycles. The molecule has 0 spiro atoms. The molecule has 1 aromatic carbocycles. The van der Waals surface area contributed by atoms with Crippen LogP contribution in [0.1, 0.15) is 17.0 Å². The molecule has 0 saturated carbocycles. The summed E-state index contributed by atoms with van der Waals surface area (Å²) >= 11 is 0. The summed E-state index contributed by atoms with van der Waals surface area (Å²) in [6.07, 6.45) is 1.60. The molecule has 0 bridgehead atoms. The quantitative estimate of drug-likeness (QED) is 0.718. The number of halogens is 2. The zero-order valence-corrected chi connectivity index (χ0v) is 10.2. The lowest BCUT2D eigenvalue weighted by Crippen LogP contribution is -2.01. The lowest BCUT2D eigenvalue weighted by molar-refractivity contribution is 0.558. The first kappa shape index (κ1) is 12.2. The molecule has 6 heteroatoms. The van der Waals surface area contributed by atoms with Crippen LogP contribution in [0.3, 0.4) is 0 Å². The monoisotopic (exact) mass is 270 g/mol. The molecule has 20 heavy (non-hydrogen) atoms. The van der Waals surface area contributed by atoms with Crippen molar-refractivity contribution in [2.24, 2.45) is 0 Å². The number of pyridine rings is 1. The Morgan fingerprint density at radius 1 is 1.15 bits per heavy atom. The molecule has 98 valence electrons. The van der Waals surface area contributed by atoms with Crippen molar-refractivity contribution >= 4 is 5.65 Å². The van der Waals surface area contributed by atoms with Gasteiger partial charge in [-0.2, -0.15) is 5.26 Å². The summed E-state index contributed by atoms with van der Waals surface area (Å²) in [5, 5.41) is 16.6. The summed E-state index contributed by atoms with van der Waals surface area (Å²) in [5.74, 6) is -0.820. The van der Waals surface area contributed by atoms with Crippen molar-refractivity contribution in [3.8, 4) is 6.07 Å². The molecule has 0 aliphatic heterocycles. The van der Waals surface area contributed by atoms with Gasteiger partial charge in [0.25, 0.3) is 0 Å². The summed E-state index contributed by atoms with van der Waals surface area (Å²) in [6.45, 7) is 0. The molecule has 2 aromatic heterocycles. The molecule has 0 aliphatic rings. The molecule has 0 radical (unpaired) electrons. The third-order valence-electron chi connectivity index (χ3n) is 3.01. The Kier molecular flexibility index (Phi) is 2.88. The smallest absolute Gasteiger partial charge is 0.162 e. The van der Waals surface area contributed by atoms with Gasteiger partial charge in [-0.15, -0.1) is 10.2 Å². The van der Waals surface area contributed by atoms with E-state index in [1.807, 2.05) is 6.07 Å². The number of hydrogen-bond acceptors (Lipinski definition) is 3. The Hall–Kier alpha value is -2.81. The molecule has 0 atom stereocenters. The lowest BCUT2D eigenvalue weighted by atomic mass is 10.1. The predicted molar refractivity (Wildman–Crippen MR) is 66.9 cm³/mol. The van der Waals surface area contributed by atoms with Crippen LogP contribution in [0.15, 0.2) is 36.5 Å². The maximum absolute atomic E-state index is 13.6. The average Bonchev–Trinajstić information content (AvgIpc) is 2.85. The van der Waals surface area contributed by atoms with E-state index in [4.69, 9.17) is 5.26 Å². The molecular formula is C14H8F2N4. The SMILES string of the molecule is N#Cc1ccn2c(Cc3c(F)cccc3F)nnc2c1. The standard InChI is InChI=1S/C14H8F2N4/c15-11-2-1-3-12(16)10(11)7-14-19-18-13-6-9(8-17)4-5-20(13)14/h1-6H,7H2. The first-order valence-electron chi connectivity index (χ1n) is 5.85. The highest BCUT2D eigenvalue weighted by Gasteiger charge is 2.13. The lowest BCUT2D eigenvalue weighted by Gasteiger charge is -2.03. The van der Waals surface area contributed by atoms with Crippen molar-refractivity contribution in [1.82, 2.24) is 14.6 Å². The van der Waals surface area contributed by atoms with Gasteiger partial charge in [-0.05, 0) is 18.2 Å². The maximum atomic E-state index is 13.6. The second-order valence-corrected chi connectivity index (χ2v) is 4.25. The van der Waals surface area contributed by atoms with Crippen molar-refractivity contribution in [3.05, 3.63) is 65.1 Å². The highest BCUT2D eigenvalue weighted by molar-refractivity contribution is 5.45. The van der Waals surface area contributed by atoms with Gasteiger partial charge in [0.15, 0.2) is 5.65 Å². The van der Waals surface area contributed by atoms with Gasteiger partial charge in [0.05, 0.1) is 11.6 Å². The van der Waals surface area contributed by atoms with E-state index in [1.165, 1.54) is 18.2 Å². The number of fused-ring (bicyclic) bond motifs is 1. The zero-order valence-electron chi connectivity index (χ0n) is 10.2. The van der Waals surface area contributed by atoms with Gasteiger partial charge in [0.2, 0.25) is 0 Å². The Morgan fingerprint density at radius 3 is 2.60 bits per heavy atom. The summed E-state index contributed by atoms with van der Waals surface area (Å²) < 4.78 is 28.8. The van der Waals surface area contributed by atoms with Crippen LogP contribution < -0.4 is 0 Å². The van der Waals surface area contributed by atoms with Crippen LogP contribution in [-0.2, 0) is 6.42 Å². The van der Waals surface area contributed by atoms with E-state index < -0.39 is 11.6 Å². The van der Waals surface area contributed by atoms with Crippen LogP contribution >= 0.6 is 0 Å². The largest absolute Gasteiger partial charge is 0.286 e. The Morgan fingerprint density at radius 2 is 1.90 bits per heavy atom. The fraction of sp³-hybridized carbons (Fsp3) is 0.0714. The minimum Gasteiger partial charge on any atom is -0.286 e. The second kappa shape index (κ2) is 4.70. The molecule has 0 N–H and O–H groups in total. The van der Waals surface area contributed by atoms with E-state index in [9.17, 15) is 8.78 Å². The van der Waals surface area contributed by atoms with Gasteiger partial charge in [0.1, 0.15) is 17.5 Å². The minimum absolute atomic E-state index is 0.00836. The fourth-order valence-electron chi connectivity index (χ4n) is 1.99. The number of nitrogens with zero attached hydrogens (tertiary/aromatic N) is 4. The summed E-state index contributed by atoms with van der Waals surface area (Å²) in [7, 11) is 0. The number of hydrogen-bond donors (Lipinski definition) is 0. The summed E-state index contributed by atoms with van der Waals surface area (Å²) in [4.78, 5) is 0. The van der Waals surface area contributed by atoms with Gasteiger partial charge < -0.3 is 0 Å². The van der Waals surface area contributed by atoms with Crippen LogP contribution in [0.2, 0.25) is 0 Å². The molecule has 4 nitrogen and oxygen atoms in total. The number of benzene rings is 1. The molecule has 3 rings (SSSR count). The predicted octanol–water partition coefficient (Wildman–Crippen LogP) is 2.47. The van der Waals surface area contributed by atoms with Gasteiger partial charge >= 0.3 is 0 Å². The topological polar surface area (TPSA) is 54.0 Å². The molecule has 0 fully saturated rings. The molecule has 0 unspecified atom stereocenters. The summed E-state index contributed by atoms with van der Waals surface area (Å²) in [6, 6.07) is 8.88. The molecular weight excluding hydrogens is 262 g/mol. The van der Waals surface area contributed by atoms with Crippen LogP contribution in [0.5, 0.6) is 0 Å². The first-order valence-corrected chi connectivity index (χ1v) is 5.85. The highest BCUT2D eigenvalue weighted by Crippen LogP contribution is 2.17. The van der Waals surface area contributed by atoms with E-state index in [-0.39, 0.29) is 12.0 Å². The molecule has 0 amide bonds. The van der Waals surface area contributed by atoms with Gasteiger partial charge in [-0.1, -0.05) is 6.07 Å². The van der Waals surface area contributed by atoms with Gasteiger partial charge in [-0.25, -0.2) is 8.78 Å². The van der Waals surface area contributed by atoms with Crippen molar-refractivity contribution < 1.29 is 8.78 Å². The normalized spacial score (nSPS) is 10.7. The fourth-order valence-corrected chi connectivity index (χ4v) is 1.99. The minimum atomic E-state index is -0.615. The van der Waals surface area contributed by atoms with Crippen molar-refractivity contribution in [2.45, 2.75) is 6.42 Å². The second-order valence-electron chi connectivity index (χ2n) is 4.25. The van der Waals surface area contributed by atoms with Crippen LogP contribution in [0.25, 0.3) is 5.65 Å². The van der Waals surface area contributed by atoms with E-state index in [2.05, 4.69) is 10.2 Å². The summed E-state index contributed by atoms with van der Waals surface area (Å²) in [5.41, 5.74) is 0.871. The Balaban J connectivity index is 2.06. The Labute approximate surface area is 112 Å². The maximum Gasteiger partial charge on any atom is 0.162 e. The number of nitriles is 1. The van der Waals surface area contributed by atoms with Gasteiger partial charge in [0, 0.05) is 24.2 Å². The first-order chi connectivity index (χ1) is 9.69. The molecule has 3 aromatic rings.